The summed E-state index contributed by atoms with van der Waals surface area (Å²) >= 11 is 1.68. The number of hydrogen-bond donors (Lipinski definition) is 1. The molecule has 1 unspecified atom stereocenters. The van der Waals surface area contributed by atoms with Crippen LogP contribution in [0, 0.1) is 5.92 Å². The van der Waals surface area contributed by atoms with Crippen LogP contribution in [-0.4, -0.2) is 19.1 Å². The predicted octanol–water partition coefficient (Wildman–Crippen LogP) is 3.61. The van der Waals surface area contributed by atoms with Gasteiger partial charge >= 0.3 is 0 Å². The van der Waals surface area contributed by atoms with Gasteiger partial charge in [0.15, 0.2) is 0 Å². The molecule has 1 amide bonds. The van der Waals surface area contributed by atoms with Gasteiger partial charge in [0.05, 0.1) is 11.5 Å². The lowest BCUT2D eigenvalue weighted by atomic mass is 9.97. The molecule has 120 valence electrons. The molecule has 3 nitrogen and oxygen atoms in total. The highest BCUT2D eigenvalue weighted by atomic mass is 32.1. The average Bonchev–Trinajstić information content (AvgIpc) is 3.04. The number of aryl methyl sites for hydroxylation is 2. The van der Waals surface area contributed by atoms with Crippen molar-refractivity contribution in [1.82, 2.24) is 5.32 Å². The molecule has 23 heavy (non-hydrogen) atoms. The third-order valence-corrected chi connectivity index (χ3v) is 5.96. The number of carbonyl (C=O) groups excluding carboxylic acids is 1. The first-order valence-corrected chi connectivity index (χ1v) is 9.22. The van der Waals surface area contributed by atoms with Crippen molar-refractivity contribution in [2.75, 3.05) is 13.2 Å². The van der Waals surface area contributed by atoms with E-state index in [1.165, 1.54) is 28.8 Å². The molecular formula is C19H21NO2S. The minimum absolute atomic E-state index is 0.0725. The van der Waals surface area contributed by atoms with Crippen molar-refractivity contribution in [2.24, 2.45) is 5.92 Å². The van der Waals surface area contributed by atoms with Crippen molar-refractivity contribution in [2.45, 2.75) is 32.1 Å². The first-order valence-electron chi connectivity index (χ1n) is 8.40. The number of carbonyl (C=O) groups is 1. The third kappa shape index (κ3) is 3.13. The van der Waals surface area contributed by atoms with E-state index in [0.717, 1.165) is 29.9 Å². The van der Waals surface area contributed by atoms with Crippen LogP contribution in [0.1, 0.15) is 38.5 Å². The Kier molecular flexibility index (Phi) is 4.08. The second kappa shape index (κ2) is 6.36. The molecule has 4 heteroatoms. The van der Waals surface area contributed by atoms with Gasteiger partial charge in [-0.3, -0.25) is 4.79 Å². The van der Waals surface area contributed by atoms with Crippen molar-refractivity contribution in [3.63, 3.8) is 0 Å². The molecule has 1 aromatic heterocycles. The van der Waals surface area contributed by atoms with Gasteiger partial charge in [-0.15, -0.1) is 11.3 Å². The molecule has 4 rings (SSSR count). The molecule has 1 aliphatic heterocycles. The van der Waals surface area contributed by atoms with E-state index in [4.69, 9.17) is 4.74 Å². The summed E-state index contributed by atoms with van der Waals surface area (Å²) in [5.41, 5.74) is 2.63. The van der Waals surface area contributed by atoms with E-state index in [0.29, 0.717) is 19.1 Å². The maximum atomic E-state index is 12.4. The van der Waals surface area contributed by atoms with Crippen LogP contribution >= 0.6 is 11.3 Å². The van der Waals surface area contributed by atoms with E-state index in [1.54, 1.807) is 11.3 Å². The summed E-state index contributed by atoms with van der Waals surface area (Å²) in [5, 5.41) is 3.10. The number of thiophene rings is 1. The van der Waals surface area contributed by atoms with Crippen LogP contribution in [0.4, 0.5) is 0 Å². The van der Waals surface area contributed by atoms with E-state index in [2.05, 4.69) is 17.4 Å². The molecule has 1 N–H and O–H groups in total. The number of ether oxygens (including phenoxy) is 1. The smallest absolute Gasteiger partial charge is 0.261 e. The maximum Gasteiger partial charge on any atom is 0.261 e. The normalized spacial score (nSPS) is 19.4. The number of nitrogens with one attached hydrogen (secondary N) is 1. The Balaban J connectivity index is 1.36. The lowest BCUT2D eigenvalue weighted by Gasteiger charge is -2.25. The first-order chi connectivity index (χ1) is 11.3. The Hall–Kier alpha value is -1.81. The first kappa shape index (κ1) is 14.8. The summed E-state index contributed by atoms with van der Waals surface area (Å²) in [7, 11) is 0. The Bertz CT molecular complexity index is 698. The van der Waals surface area contributed by atoms with Gasteiger partial charge < -0.3 is 10.1 Å². The lowest BCUT2D eigenvalue weighted by Crippen LogP contribution is -2.34. The molecule has 0 spiro atoms. The van der Waals surface area contributed by atoms with Gasteiger partial charge in [0.2, 0.25) is 0 Å². The number of benzene rings is 1. The number of para-hydroxylation sites is 1. The van der Waals surface area contributed by atoms with Crippen molar-refractivity contribution >= 4 is 17.2 Å². The number of hydrogen-bond acceptors (Lipinski definition) is 3. The highest BCUT2D eigenvalue weighted by molar-refractivity contribution is 7.14. The summed E-state index contributed by atoms with van der Waals surface area (Å²) in [5.74, 6) is 1.41. The zero-order valence-electron chi connectivity index (χ0n) is 13.1. The van der Waals surface area contributed by atoms with Crippen LogP contribution in [-0.2, 0) is 19.3 Å². The van der Waals surface area contributed by atoms with Crippen LogP contribution in [0.2, 0.25) is 0 Å². The van der Waals surface area contributed by atoms with Gasteiger partial charge in [-0.2, -0.15) is 0 Å². The number of amides is 1. The Labute approximate surface area is 140 Å². The SMILES string of the molecule is O=C(NCC1COc2ccccc2C1)c1cc2c(s1)CCCC2. The average molecular weight is 327 g/mol. The molecule has 0 bridgehead atoms. The van der Waals surface area contributed by atoms with Crippen LogP contribution in [0.25, 0.3) is 0 Å². The molecule has 2 aromatic rings. The fourth-order valence-electron chi connectivity index (χ4n) is 3.45. The van der Waals surface area contributed by atoms with Gasteiger partial charge in [-0.1, -0.05) is 18.2 Å². The summed E-state index contributed by atoms with van der Waals surface area (Å²) in [6.45, 7) is 1.36. The van der Waals surface area contributed by atoms with E-state index in [9.17, 15) is 4.79 Å². The topological polar surface area (TPSA) is 38.3 Å². The Morgan fingerprint density at radius 2 is 2.09 bits per heavy atom. The molecule has 1 aliphatic carbocycles. The molecule has 1 atom stereocenters. The molecule has 0 saturated carbocycles. The Morgan fingerprint density at radius 1 is 1.22 bits per heavy atom. The van der Waals surface area contributed by atoms with Gasteiger partial charge in [-0.25, -0.2) is 0 Å². The van der Waals surface area contributed by atoms with Gasteiger partial charge in [-0.05, 0) is 55.4 Å². The standard InChI is InChI=1S/C19H21NO2S/c21-19(18-10-15-6-2-4-8-17(15)23-18)20-11-13-9-14-5-1-3-7-16(14)22-12-13/h1,3,5,7,10,13H,2,4,6,8-9,11-12H2,(H,20,21). The van der Waals surface area contributed by atoms with Crippen LogP contribution in [0.3, 0.4) is 0 Å². The van der Waals surface area contributed by atoms with E-state index < -0.39 is 0 Å². The van der Waals surface area contributed by atoms with Crippen molar-refractivity contribution in [3.05, 3.63) is 51.2 Å². The zero-order chi connectivity index (χ0) is 15.6. The van der Waals surface area contributed by atoms with E-state index in [1.807, 2.05) is 18.2 Å². The second-order valence-electron chi connectivity index (χ2n) is 6.47. The molecular weight excluding hydrogens is 306 g/mol. The van der Waals surface area contributed by atoms with Crippen LogP contribution in [0.15, 0.2) is 30.3 Å². The molecule has 2 aliphatic rings. The lowest BCUT2D eigenvalue weighted by molar-refractivity contribution is 0.0943. The van der Waals surface area contributed by atoms with Crippen LogP contribution < -0.4 is 10.1 Å². The molecule has 1 aromatic carbocycles. The summed E-state index contributed by atoms with van der Waals surface area (Å²) in [4.78, 5) is 14.7. The molecule has 2 heterocycles. The number of fused-ring (bicyclic) bond motifs is 2. The van der Waals surface area contributed by atoms with Crippen molar-refractivity contribution in [3.8, 4) is 5.75 Å². The van der Waals surface area contributed by atoms with Gasteiger partial charge in [0, 0.05) is 17.3 Å². The molecule has 0 fully saturated rings. The highest BCUT2D eigenvalue weighted by Crippen LogP contribution is 2.30. The zero-order valence-corrected chi connectivity index (χ0v) is 14.0. The van der Waals surface area contributed by atoms with Crippen molar-refractivity contribution < 1.29 is 9.53 Å². The summed E-state index contributed by atoms with van der Waals surface area (Å²) < 4.78 is 5.79. The predicted molar refractivity (Wildman–Crippen MR) is 92.4 cm³/mol. The second-order valence-corrected chi connectivity index (χ2v) is 7.60. The van der Waals surface area contributed by atoms with Gasteiger partial charge in [0.1, 0.15) is 5.75 Å². The minimum atomic E-state index is 0.0725. The highest BCUT2D eigenvalue weighted by Gasteiger charge is 2.21. The fraction of sp³-hybridized carbons (Fsp3) is 0.421. The van der Waals surface area contributed by atoms with E-state index in [-0.39, 0.29) is 5.91 Å². The van der Waals surface area contributed by atoms with Crippen molar-refractivity contribution in [1.29, 1.82) is 0 Å². The third-order valence-electron chi connectivity index (χ3n) is 4.73. The van der Waals surface area contributed by atoms with Crippen LogP contribution in [0.5, 0.6) is 5.75 Å². The molecule has 0 saturated heterocycles. The summed E-state index contributed by atoms with van der Waals surface area (Å²) in [6.07, 6.45) is 5.75. The summed E-state index contributed by atoms with van der Waals surface area (Å²) in [6, 6.07) is 10.3. The fourth-order valence-corrected chi connectivity index (χ4v) is 4.62. The van der Waals surface area contributed by atoms with Gasteiger partial charge in [0.25, 0.3) is 5.91 Å². The minimum Gasteiger partial charge on any atom is -0.493 e. The number of rotatable bonds is 3. The van der Waals surface area contributed by atoms with E-state index >= 15 is 0 Å². The monoisotopic (exact) mass is 327 g/mol. The quantitative estimate of drug-likeness (QED) is 0.935. The largest absolute Gasteiger partial charge is 0.493 e. The Morgan fingerprint density at radius 3 is 3.00 bits per heavy atom. The molecule has 0 radical (unpaired) electrons. The maximum absolute atomic E-state index is 12.4.